The number of likely N-dealkylation sites (tertiary alicyclic amines) is 1. The molecule has 2 saturated heterocycles. The van der Waals surface area contributed by atoms with E-state index in [1.807, 2.05) is 19.1 Å². The van der Waals surface area contributed by atoms with Crippen LogP contribution in [-0.4, -0.2) is 69.5 Å². The maximum Gasteiger partial charge on any atom is 0.325 e. The van der Waals surface area contributed by atoms with Gasteiger partial charge in [0.25, 0.3) is 5.91 Å². The van der Waals surface area contributed by atoms with Crippen LogP contribution in [0, 0.1) is 13.8 Å². The first kappa shape index (κ1) is 26.4. The van der Waals surface area contributed by atoms with Crippen molar-refractivity contribution in [1.29, 1.82) is 0 Å². The van der Waals surface area contributed by atoms with Gasteiger partial charge in [-0.1, -0.05) is 12.1 Å². The molecule has 202 valence electrons. The van der Waals surface area contributed by atoms with Crippen LogP contribution in [0.5, 0.6) is 5.75 Å². The molecule has 3 amide bonds. The Morgan fingerprint density at radius 2 is 1.87 bits per heavy atom. The van der Waals surface area contributed by atoms with Crippen LogP contribution in [0.4, 0.5) is 10.6 Å². The van der Waals surface area contributed by atoms with Crippen LogP contribution >= 0.6 is 11.3 Å². The third-order valence-corrected chi connectivity index (χ3v) is 8.07. The monoisotopic (exact) mass is 536 g/mol. The molecule has 0 spiro atoms. The predicted molar refractivity (Wildman–Crippen MR) is 150 cm³/mol. The van der Waals surface area contributed by atoms with E-state index in [9.17, 15) is 9.59 Å². The maximum absolute atomic E-state index is 12.3. The third kappa shape index (κ3) is 5.91. The van der Waals surface area contributed by atoms with Crippen LogP contribution in [0.1, 0.15) is 49.4 Å². The number of nitrogens with zero attached hydrogens (tertiary/aromatic N) is 4. The van der Waals surface area contributed by atoms with Crippen molar-refractivity contribution in [3.63, 3.8) is 0 Å². The van der Waals surface area contributed by atoms with Crippen molar-refractivity contribution < 1.29 is 14.3 Å². The molecule has 2 aromatic heterocycles. The number of carbonyl (C=O) groups excluding carboxylic acids is 2. The van der Waals surface area contributed by atoms with Crippen LogP contribution in [0.2, 0.25) is 0 Å². The summed E-state index contributed by atoms with van der Waals surface area (Å²) >= 11 is 1.72. The molecule has 5 rings (SSSR count). The molecule has 9 nitrogen and oxygen atoms in total. The number of carbonyl (C=O) groups is 2. The summed E-state index contributed by atoms with van der Waals surface area (Å²) in [4.78, 5) is 39.6. The second-order valence-electron chi connectivity index (χ2n) is 10.7. The maximum atomic E-state index is 12.3. The second kappa shape index (κ2) is 10.9. The van der Waals surface area contributed by atoms with E-state index in [-0.39, 0.29) is 11.9 Å². The Morgan fingerprint density at radius 1 is 1.13 bits per heavy atom. The van der Waals surface area contributed by atoms with Crippen molar-refractivity contribution in [2.24, 2.45) is 0 Å². The molecule has 0 bridgehead atoms. The molecule has 0 aliphatic carbocycles. The lowest BCUT2D eigenvalue weighted by Gasteiger charge is -2.32. The molecule has 2 aliphatic rings. The summed E-state index contributed by atoms with van der Waals surface area (Å²) in [5.41, 5.74) is 0.429. The van der Waals surface area contributed by atoms with E-state index in [4.69, 9.17) is 4.74 Å². The van der Waals surface area contributed by atoms with Crippen molar-refractivity contribution >= 4 is 39.3 Å². The number of aromatic nitrogens is 2. The zero-order valence-electron chi connectivity index (χ0n) is 22.5. The van der Waals surface area contributed by atoms with Gasteiger partial charge in [-0.25, -0.2) is 14.8 Å². The Hall–Kier alpha value is -3.24. The number of urea groups is 1. The first-order chi connectivity index (χ1) is 18.2. The van der Waals surface area contributed by atoms with E-state index < -0.39 is 5.54 Å². The van der Waals surface area contributed by atoms with Crippen molar-refractivity contribution in [3.05, 3.63) is 46.6 Å². The van der Waals surface area contributed by atoms with Gasteiger partial charge in [-0.2, -0.15) is 0 Å². The molecule has 0 atom stereocenters. The predicted octanol–water partition coefficient (Wildman–Crippen LogP) is 4.48. The molecule has 2 aliphatic heterocycles. The van der Waals surface area contributed by atoms with E-state index in [0.29, 0.717) is 25.6 Å². The number of thiophene rings is 1. The van der Waals surface area contributed by atoms with E-state index in [1.165, 1.54) is 15.3 Å². The van der Waals surface area contributed by atoms with Crippen LogP contribution < -0.4 is 15.4 Å². The highest BCUT2D eigenvalue weighted by Gasteiger charge is 2.43. The molecule has 4 heterocycles. The molecule has 0 radical (unpaired) electrons. The van der Waals surface area contributed by atoms with Crippen molar-refractivity contribution in [1.82, 2.24) is 25.1 Å². The fraction of sp³-hybridized carbons (Fsp3) is 0.500. The molecule has 0 unspecified atom stereocenters. The number of benzene rings is 1. The van der Waals surface area contributed by atoms with Gasteiger partial charge in [0, 0.05) is 37.1 Å². The molecular formula is C28H36N6O3S. The minimum Gasteiger partial charge on any atom is -0.494 e. The topological polar surface area (TPSA) is 99.7 Å². The van der Waals surface area contributed by atoms with Gasteiger partial charge in [-0.3, -0.25) is 14.6 Å². The molecule has 3 aromatic rings. The van der Waals surface area contributed by atoms with Gasteiger partial charge in [0.2, 0.25) is 0 Å². The Kier molecular flexibility index (Phi) is 7.54. The fourth-order valence-electron chi connectivity index (χ4n) is 5.07. The second-order valence-corrected chi connectivity index (χ2v) is 12.0. The lowest BCUT2D eigenvalue weighted by molar-refractivity contribution is -0.130. The van der Waals surface area contributed by atoms with E-state index in [1.54, 1.807) is 25.2 Å². The molecule has 10 heteroatoms. The number of amides is 3. The summed E-state index contributed by atoms with van der Waals surface area (Å²) < 4.78 is 5.84. The minimum absolute atomic E-state index is 0.189. The standard InChI is InChI=1S/C28H36N6O3S/c1-18-16-23-24(29-19(2)30-25(23)38-18)31-21-10-13-33(14-11-21)17-20-6-8-22(9-7-20)37-15-5-12-34-26(35)28(3,4)32-27(34)36/h6-9,16,21H,5,10-15,17H2,1-4H3,(H,32,36)(H,29,30,31). The van der Waals surface area contributed by atoms with Gasteiger partial charge < -0.3 is 15.4 Å². The van der Waals surface area contributed by atoms with Gasteiger partial charge in [0.1, 0.15) is 27.8 Å². The SMILES string of the molecule is Cc1nc(NC2CCN(Cc3ccc(OCCCN4C(=O)NC(C)(C)C4=O)cc3)CC2)c2cc(C)sc2n1. The lowest BCUT2D eigenvalue weighted by atomic mass is 10.0. The number of ether oxygens (including phenoxy) is 1. The first-order valence-corrected chi connectivity index (χ1v) is 14.1. The average Bonchev–Trinajstić information content (AvgIpc) is 3.34. The summed E-state index contributed by atoms with van der Waals surface area (Å²) in [5.74, 6) is 2.38. The van der Waals surface area contributed by atoms with Gasteiger partial charge >= 0.3 is 6.03 Å². The number of rotatable bonds is 9. The van der Waals surface area contributed by atoms with E-state index in [2.05, 4.69) is 50.6 Å². The van der Waals surface area contributed by atoms with E-state index >= 15 is 0 Å². The number of imide groups is 1. The molecule has 38 heavy (non-hydrogen) atoms. The van der Waals surface area contributed by atoms with Crippen LogP contribution in [0.3, 0.4) is 0 Å². The largest absolute Gasteiger partial charge is 0.494 e. The summed E-state index contributed by atoms with van der Waals surface area (Å²) in [6.07, 6.45) is 2.74. The van der Waals surface area contributed by atoms with Crippen LogP contribution in [0.25, 0.3) is 10.2 Å². The molecule has 2 fully saturated rings. The number of piperidine rings is 1. The minimum atomic E-state index is -0.828. The number of nitrogens with one attached hydrogen (secondary N) is 2. The normalized spacial score (nSPS) is 18.3. The quantitative estimate of drug-likeness (QED) is 0.307. The Bertz CT molecular complexity index is 1310. The summed E-state index contributed by atoms with van der Waals surface area (Å²) in [6, 6.07) is 10.5. The summed E-state index contributed by atoms with van der Waals surface area (Å²) in [7, 11) is 0. The average molecular weight is 537 g/mol. The Morgan fingerprint density at radius 3 is 2.55 bits per heavy atom. The Balaban J connectivity index is 1.05. The summed E-state index contributed by atoms with van der Waals surface area (Å²) in [5, 5.41) is 7.51. The molecule has 0 saturated carbocycles. The zero-order valence-corrected chi connectivity index (χ0v) is 23.4. The number of aryl methyl sites for hydroxylation is 2. The number of anilines is 1. The molecule has 1 aromatic carbocycles. The highest BCUT2D eigenvalue weighted by atomic mass is 32.1. The molecular weight excluding hydrogens is 500 g/mol. The van der Waals surface area contributed by atoms with Gasteiger partial charge in [0.05, 0.1) is 12.0 Å². The van der Waals surface area contributed by atoms with Gasteiger partial charge in [-0.15, -0.1) is 11.3 Å². The van der Waals surface area contributed by atoms with Crippen molar-refractivity contribution in [3.8, 4) is 5.75 Å². The number of fused-ring (bicyclic) bond motifs is 1. The van der Waals surface area contributed by atoms with Gasteiger partial charge in [0.15, 0.2) is 0 Å². The van der Waals surface area contributed by atoms with Crippen molar-refractivity contribution in [2.45, 2.75) is 65.1 Å². The van der Waals surface area contributed by atoms with Crippen LogP contribution in [-0.2, 0) is 11.3 Å². The van der Waals surface area contributed by atoms with E-state index in [0.717, 1.165) is 60.1 Å². The number of hydrogen-bond acceptors (Lipinski definition) is 8. The van der Waals surface area contributed by atoms with Crippen molar-refractivity contribution in [2.75, 3.05) is 31.6 Å². The molecule has 2 N–H and O–H groups in total. The number of hydrogen-bond donors (Lipinski definition) is 2. The highest BCUT2D eigenvalue weighted by Crippen LogP contribution is 2.30. The smallest absolute Gasteiger partial charge is 0.325 e. The third-order valence-electron chi connectivity index (χ3n) is 7.12. The zero-order chi connectivity index (χ0) is 26.9. The van der Waals surface area contributed by atoms with Gasteiger partial charge in [-0.05, 0) is 70.7 Å². The Labute approximate surface area is 227 Å². The summed E-state index contributed by atoms with van der Waals surface area (Å²) in [6.45, 7) is 11.3. The fourth-order valence-corrected chi connectivity index (χ4v) is 6.00. The highest BCUT2D eigenvalue weighted by molar-refractivity contribution is 7.18. The van der Waals surface area contributed by atoms with Crippen LogP contribution in [0.15, 0.2) is 30.3 Å². The lowest BCUT2D eigenvalue weighted by Crippen LogP contribution is -2.40. The first-order valence-electron chi connectivity index (χ1n) is 13.3.